The number of nitrogens with zero attached hydrogens (tertiary/aromatic N) is 5. The number of hydrogen-bond acceptors (Lipinski definition) is 8. The topological polar surface area (TPSA) is 94.8 Å². The second-order valence-electron chi connectivity index (χ2n) is 8.09. The van der Waals surface area contributed by atoms with Gasteiger partial charge < -0.3 is 9.30 Å². The number of rotatable bonds is 8. The summed E-state index contributed by atoms with van der Waals surface area (Å²) in [5, 5.41) is 22.1. The minimum absolute atomic E-state index is 0.130. The lowest BCUT2D eigenvalue weighted by Gasteiger charge is -2.18. The van der Waals surface area contributed by atoms with Crippen molar-refractivity contribution in [2.75, 3.05) is 11.1 Å². The highest BCUT2D eigenvalue weighted by Gasteiger charge is 2.21. The Morgan fingerprint density at radius 1 is 1.19 bits per heavy atom. The number of aryl methyl sites for hydroxylation is 1. The fourth-order valence-corrected chi connectivity index (χ4v) is 5.41. The van der Waals surface area contributed by atoms with Gasteiger partial charge in [-0.2, -0.15) is 0 Å². The minimum Gasteiger partial charge on any atom is -0.483 e. The van der Waals surface area contributed by atoms with Crippen LogP contribution in [-0.4, -0.2) is 36.6 Å². The maximum atomic E-state index is 12.4. The summed E-state index contributed by atoms with van der Waals surface area (Å²) >= 11 is 2.82. The molecule has 32 heavy (non-hydrogen) atoms. The zero-order valence-electron chi connectivity index (χ0n) is 18.6. The van der Waals surface area contributed by atoms with Crippen molar-refractivity contribution in [2.24, 2.45) is 7.05 Å². The summed E-state index contributed by atoms with van der Waals surface area (Å²) in [4.78, 5) is 12.4. The Bertz CT molecular complexity index is 1040. The van der Waals surface area contributed by atoms with Crippen LogP contribution in [0.25, 0.3) is 0 Å². The van der Waals surface area contributed by atoms with Crippen molar-refractivity contribution < 1.29 is 9.53 Å². The highest BCUT2D eigenvalue weighted by atomic mass is 32.2. The quantitative estimate of drug-likeness (QED) is 0.466. The molecule has 1 aromatic carbocycles. The van der Waals surface area contributed by atoms with Crippen molar-refractivity contribution in [2.45, 2.75) is 63.1 Å². The third-order valence-electron chi connectivity index (χ3n) is 5.54. The van der Waals surface area contributed by atoms with Crippen molar-refractivity contribution >= 4 is 34.1 Å². The Kier molecular flexibility index (Phi) is 7.41. The molecule has 2 aromatic heterocycles. The molecule has 1 atom stereocenters. The van der Waals surface area contributed by atoms with Gasteiger partial charge in [0.15, 0.2) is 17.1 Å². The summed E-state index contributed by atoms with van der Waals surface area (Å²) in [6, 6.07) is 7.90. The van der Waals surface area contributed by atoms with Gasteiger partial charge in [0, 0.05) is 13.0 Å². The molecule has 1 aliphatic carbocycles. The number of amides is 1. The number of aromatic nitrogens is 5. The lowest BCUT2D eigenvalue weighted by Crippen LogP contribution is -2.14. The molecule has 1 N–H and O–H groups in total. The third kappa shape index (κ3) is 5.66. The summed E-state index contributed by atoms with van der Waals surface area (Å²) in [6.07, 6.45) is 5.86. The molecule has 4 rings (SSSR count). The zero-order valence-corrected chi connectivity index (χ0v) is 20.2. The molecule has 1 fully saturated rings. The van der Waals surface area contributed by atoms with Crippen LogP contribution in [0.2, 0.25) is 0 Å². The lowest BCUT2D eigenvalue weighted by atomic mass is 9.90. The molecular weight excluding hydrogens is 444 g/mol. The second kappa shape index (κ2) is 10.4. The first kappa shape index (κ1) is 22.7. The van der Waals surface area contributed by atoms with Crippen LogP contribution in [0.15, 0.2) is 29.4 Å². The number of benzene rings is 1. The molecule has 3 aromatic rings. The molecule has 8 nitrogen and oxygen atoms in total. The van der Waals surface area contributed by atoms with Crippen LogP contribution in [0.1, 0.15) is 67.4 Å². The standard InChI is InChI=1S/C22H28N6O2S2/c1-14-9-11-17(12-10-14)30-15(2)19-24-27-22(28(19)3)31-13-18(29)23-21-26-25-20(32-21)16-7-5-4-6-8-16/h9-12,15-16H,4-8,13H2,1-3H3,(H,23,26,29). The van der Waals surface area contributed by atoms with Gasteiger partial charge >= 0.3 is 0 Å². The summed E-state index contributed by atoms with van der Waals surface area (Å²) < 4.78 is 7.84. The maximum absolute atomic E-state index is 12.4. The van der Waals surface area contributed by atoms with Crippen LogP contribution >= 0.6 is 23.1 Å². The smallest absolute Gasteiger partial charge is 0.236 e. The number of anilines is 1. The van der Waals surface area contributed by atoms with E-state index in [1.807, 2.05) is 49.7 Å². The number of hydrogen-bond donors (Lipinski definition) is 1. The first-order valence-electron chi connectivity index (χ1n) is 10.9. The van der Waals surface area contributed by atoms with Gasteiger partial charge in [0.05, 0.1) is 5.75 Å². The van der Waals surface area contributed by atoms with Crippen LogP contribution < -0.4 is 10.1 Å². The van der Waals surface area contributed by atoms with Gasteiger partial charge in [0.25, 0.3) is 0 Å². The van der Waals surface area contributed by atoms with Crippen molar-refractivity contribution in [1.29, 1.82) is 0 Å². The van der Waals surface area contributed by atoms with Gasteiger partial charge in [-0.15, -0.1) is 20.4 Å². The molecule has 0 aliphatic heterocycles. The van der Waals surface area contributed by atoms with E-state index in [9.17, 15) is 4.79 Å². The number of nitrogens with one attached hydrogen (secondary N) is 1. The average Bonchev–Trinajstić information content (AvgIpc) is 3.41. The summed E-state index contributed by atoms with van der Waals surface area (Å²) in [6.45, 7) is 3.97. The minimum atomic E-state index is -0.266. The molecule has 0 spiro atoms. The predicted molar refractivity (Wildman–Crippen MR) is 126 cm³/mol. The highest BCUT2D eigenvalue weighted by Crippen LogP contribution is 2.35. The van der Waals surface area contributed by atoms with Crippen LogP contribution in [0.3, 0.4) is 0 Å². The Morgan fingerprint density at radius 2 is 1.94 bits per heavy atom. The molecule has 2 heterocycles. The first-order valence-corrected chi connectivity index (χ1v) is 12.7. The number of carbonyl (C=O) groups excluding carboxylic acids is 1. The molecule has 0 saturated heterocycles. The largest absolute Gasteiger partial charge is 0.483 e. The van der Waals surface area contributed by atoms with E-state index in [2.05, 4.69) is 25.7 Å². The first-order chi connectivity index (χ1) is 15.5. The van der Waals surface area contributed by atoms with Crippen LogP contribution in [0.5, 0.6) is 5.75 Å². The van der Waals surface area contributed by atoms with Gasteiger partial charge in [-0.25, -0.2) is 0 Å². The molecule has 1 aliphatic rings. The van der Waals surface area contributed by atoms with Crippen molar-refractivity contribution in [3.8, 4) is 5.75 Å². The Hall–Kier alpha value is -2.46. The number of carbonyl (C=O) groups is 1. The van der Waals surface area contributed by atoms with E-state index in [1.165, 1.54) is 60.8 Å². The Balaban J connectivity index is 1.29. The zero-order chi connectivity index (χ0) is 22.5. The molecule has 0 bridgehead atoms. The monoisotopic (exact) mass is 472 g/mol. The van der Waals surface area contributed by atoms with E-state index in [0.29, 0.717) is 22.0 Å². The third-order valence-corrected chi connectivity index (χ3v) is 7.56. The van der Waals surface area contributed by atoms with E-state index >= 15 is 0 Å². The van der Waals surface area contributed by atoms with Gasteiger partial charge in [-0.1, -0.05) is 60.1 Å². The molecular formula is C22H28N6O2S2. The van der Waals surface area contributed by atoms with Crippen molar-refractivity contribution in [1.82, 2.24) is 25.0 Å². The Labute approximate surface area is 196 Å². The van der Waals surface area contributed by atoms with E-state index < -0.39 is 0 Å². The summed E-state index contributed by atoms with van der Waals surface area (Å²) in [7, 11) is 1.88. The van der Waals surface area contributed by atoms with Crippen LogP contribution in [0.4, 0.5) is 5.13 Å². The fraction of sp³-hybridized carbons (Fsp3) is 0.500. The average molecular weight is 473 g/mol. The summed E-state index contributed by atoms with van der Waals surface area (Å²) in [5.41, 5.74) is 1.18. The molecule has 1 unspecified atom stereocenters. The van der Waals surface area contributed by atoms with E-state index in [-0.39, 0.29) is 17.8 Å². The highest BCUT2D eigenvalue weighted by molar-refractivity contribution is 7.99. The lowest BCUT2D eigenvalue weighted by molar-refractivity contribution is -0.113. The molecule has 170 valence electrons. The van der Waals surface area contributed by atoms with E-state index in [1.54, 1.807) is 0 Å². The SMILES string of the molecule is Cc1ccc(OC(C)c2nnc(SCC(=O)Nc3nnc(C4CCCCC4)s3)n2C)cc1. The van der Waals surface area contributed by atoms with Crippen molar-refractivity contribution in [3.63, 3.8) is 0 Å². The normalized spacial score (nSPS) is 15.5. The van der Waals surface area contributed by atoms with Crippen LogP contribution in [-0.2, 0) is 11.8 Å². The molecule has 10 heteroatoms. The fourth-order valence-electron chi connectivity index (χ4n) is 3.76. The van der Waals surface area contributed by atoms with E-state index in [0.717, 1.165) is 10.8 Å². The summed E-state index contributed by atoms with van der Waals surface area (Å²) in [5.74, 6) is 2.06. The maximum Gasteiger partial charge on any atom is 0.236 e. The van der Waals surface area contributed by atoms with Gasteiger partial charge in [-0.3, -0.25) is 10.1 Å². The number of ether oxygens (including phenoxy) is 1. The number of thioether (sulfide) groups is 1. The van der Waals surface area contributed by atoms with Gasteiger partial charge in [0.2, 0.25) is 11.0 Å². The van der Waals surface area contributed by atoms with Gasteiger partial charge in [0.1, 0.15) is 10.8 Å². The Morgan fingerprint density at radius 3 is 2.69 bits per heavy atom. The molecule has 0 radical (unpaired) electrons. The second-order valence-corrected chi connectivity index (χ2v) is 10.0. The van der Waals surface area contributed by atoms with Gasteiger partial charge in [-0.05, 0) is 38.8 Å². The van der Waals surface area contributed by atoms with Crippen LogP contribution in [0, 0.1) is 6.92 Å². The predicted octanol–water partition coefficient (Wildman–Crippen LogP) is 4.89. The van der Waals surface area contributed by atoms with E-state index in [4.69, 9.17) is 4.74 Å². The van der Waals surface area contributed by atoms with Crippen molar-refractivity contribution in [3.05, 3.63) is 40.7 Å². The molecule has 1 saturated carbocycles. The molecule has 1 amide bonds.